The van der Waals surface area contributed by atoms with Crippen molar-refractivity contribution in [2.45, 2.75) is 37.3 Å². The van der Waals surface area contributed by atoms with Crippen molar-refractivity contribution in [3.63, 3.8) is 0 Å². The van der Waals surface area contributed by atoms with Gasteiger partial charge in [-0.2, -0.15) is 0 Å². The van der Waals surface area contributed by atoms with Gasteiger partial charge in [0.25, 0.3) is 5.91 Å². The molecular formula is C25H28N4O4S. The van der Waals surface area contributed by atoms with Gasteiger partial charge in [0.05, 0.1) is 18.7 Å². The Kier molecular flexibility index (Phi) is 8.21. The average molecular weight is 481 g/mol. The molecule has 1 unspecified atom stereocenters. The number of para-hydroxylation sites is 2. The lowest BCUT2D eigenvalue weighted by Crippen LogP contribution is -2.42. The number of anilines is 1. The van der Waals surface area contributed by atoms with Crippen LogP contribution in [0.2, 0.25) is 0 Å². The molecule has 1 aliphatic rings. The van der Waals surface area contributed by atoms with Gasteiger partial charge in [-0.15, -0.1) is 0 Å². The van der Waals surface area contributed by atoms with E-state index in [0.29, 0.717) is 43.3 Å². The van der Waals surface area contributed by atoms with E-state index in [1.807, 2.05) is 49.4 Å². The van der Waals surface area contributed by atoms with Gasteiger partial charge in [-0.3, -0.25) is 4.79 Å². The minimum atomic E-state index is -0.249. The maximum absolute atomic E-state index is 12.5. The number of carbonyl (C=O) groups is 1. The van der Waals surface area contributed by atoms with Crippen LogP contribution in [0.15, 0.2) is 65.8 Å². The minimum Gasteiger partial charge on any atom is -0.490 e. The highest BCUT2D eigenvalue weighted by Gasteiger charge is 2.24. The van der Waals surface area contributed by atoms with Crippen molar-refractivity contribution in [3.8, 4) is 11.5 Å². The normalized spacial score (nSPS) is 15.6. The van der Waals surface area contributed by atoms with Crippen molar-refractivity contribution in [1.82, 2.24) is 15.3 Å². The van der Waals surface area contributed by atoms with Crippen molar-refractivity contribution < 1.29 is 18.8 Å². The second kappa shape index (κ2) is 11.7. The van der Waals surface area contributed by atoms with Gasteiger partial charge >= 0.3 is 0 Å². The molecule has 34 heavy (non-hydrogen) atoms. The molecule has 1 atom stereocenters. The summed E-state index contributed by atoms with van der Waals surface area (Å²) < 4.78 is 21.1. The van der Waals surface area contributed by atoms with E-state index in [9.17, 15) is 9.35 Å². The molecule has 1 fully saturated rings. The first-order chi connectivity index (χ1) is 16.7. The van der Waals surface area contributed by atoms with E-state index < -0.39 is 0 Å². The fraction of sp³-hybridized carbons (Fsp3) is 0.320. The molecule has 0 spiro atoms. The summed E-state index contributed by atoms with van der Waals surface area (Å²) in [5, 5.41) is 2.86. The first-order valence-corrected chi connectivity index (χ1v) is 12.1. The summed E-state index contributed by atoms with van der Waals surface area (Å²) in [5.74, 6) is 1.82. The number of piperidine rings is 1. The summed E-state index contributed by atoms with van der Waals surface area (Å²) in [5.41, 5.74) is 1.29. The second-order valence-corrected chi connectivity index (χ2v) is 8.55. The van der Waals surface area contributed by atoms with Crippen LogP contribution in [0, 0.1) is 0 Å². The highest BCUT2D eigenvalue weighted by atomic mass is 32.2. The Morgan fingerprint density at radius 2 is 1.97 bits per heavy atom. The third kappa shape index (κ3) is 6.18. The van der Waals surface area contributed by atoms with E-state index in [2.05, 4.69) is 20.2 Å². The molecule has 2 aromatic carbocycles. The van der Waals surface area contributed by atoms with Crippen LogP contribution in [0.5, 0.6) is 11.5 Å². The van der Waals surface area contributed by atoms with E-state index >= 15 is 0 Å². The summed E-state index contributed by atoms with van der Waals surface area (Å²) in [6.07, 6.45) is 4.99. The van der Waals surface area contributed by atoms with Crippen LogP contribution in [0.1, 0.15) is 35.7 Å². The van der Waals surface area contributed by atoms with E-state index in [1.165, 1.54) is 0 Å². The zero-order chi connectivity index (χ0) is 23.8. The number of hydrogen-bond acceptors (Lipinski definition) is 8. The van der Waals surface area contributed by atoms with Gasteiger partial charge in [-0.25, -0.2) is 9.97 Å². The largest absolute Gasteiger partial charge is 0.490 e. The van der Waals surface area contributed by atoms with E-state index in [1.54, 1.807) is 18.5 Å². The van der Waals surface area contributed by atoms with Gasteiger partial charge in [-0.1, -0.05) is 24.3 Å². The molecule has 0 aliphatic carbocycles. The predicted octanol–water partition coefficient (Wildman–Crippen LogP) is 4.42. The topological polar surface area (TPSA) is 96.8 Å². The molecule has 2 heterocycles. The summed E-state index contributed by atoms with van der Waals surface area (Å²) in [4.78, 5) is 24.2. The Labute approximate surface area is 203 Å². The van der Waals surface area contributed by atoms with Crippen molar-refractivity contribution in [2.75, 3.05) is 24.6 Å². The number of rotatable bonds is 9. The third-order valence-electron chi connectivity index (χ3n) is 5.46. The Bertz CT molecular complexity index is 1100. The fourth-order valence-corrected chi connectivity index (χ4v) is 4.16. The van der Waals surface area contributed by atoms with Crippen LogP contribution in [-0.2, 0) is 6.54 Å². The van der Waals surface area contributed by atoms with Crippen LogP contribution in [0.4, 0.5) is 5.95 Å². The van der Waals surface area contributed by atoms with Gasteiger partial charge in [0.15, 0.2) is 11.5 Å². The molecule has 1 aliphatic heterocycles. The number of carbonyl (C=O) groups excluding carboxylic acids is 1. The van der Waals surface area contributed by atoms with E-state index in [-0.39, 0.29) is 12.0 Å². The molecule has 0 radical (unpaired) electrons. The molecular weight excluding hydrogens is 452 g/mol. The Hall–Kier alpha value is -3.30. The molecule has 1 amide bonds. The second-order valence-electron chi connectivity index (χ2n) is 7.90. The Balaban J connectivity index is 1.34. The number of ether oxygens (including phenoxy) is 2. The van der Waals surface area contributed by atoms with Crippen molar-refractivity contribution in [1.29, 1.82) is 0 Å². The molecule has 3 aromatic rings. The summed E-state index contributed by atoms with van der Waals surface area (Å²) in [6, 6.07) is 15.1. The molecule has 1 aromatic heterocycles. The van der Waals surface area contributed by atoms with Gasteiger partial charge < -0.3 is 24.2 Å². The third-order valence-corrected chi connectivity index (χ3v) is 5.93. The zero-order valence-corrected chi connectivity index (χ0v) is 19.8. The maximum Gasteiger partial charge on any atom is 0.254 e. The Morgan fingerprint density at radius 3 is 2.74 bits per heavy atom. The van der Waals surface area contributed by atoms with Gasteiger partial charge in [-0.05, 0) is 49.6 Å². The quantitative estimate of drug-likeness (QED) is 0.435. The molecule has 0 bridgehead atoms. The number of hydrogen-bond donors (Lipinski definition) is 2. The first-order valence-electron chi connectivity index (χ1n) is 11.3. The zero-order valence-electron chi connectivity index (χ0n) is 19.0. The number of nitrogens with one attached hydrogen (secondary N) is 1. The monoisotopic (exact) mass is 480 g/mol. The van der Waals surface area contributed by atoms with Crippen LogP contribution < -0.4 is 19.7 Å². The lowest BCUT2D eigenvalue weighted by Gasteiger charge is -2.33. The van der Waals surface area contributed by atoms with Crippen molar-refractivity contribution in [2.24, 2.45) is 0 Å². The molecule has 8 nitrogen and oxygen atoms in total. The summed E-state index contributed by atoms with van der Waals surface area (Å²) >= 11 is 0.679. The van der Waals surface area contributed by atoms with Crippen LogP contribution >= 0.6 is 12.0 Å². The van der Waals surface area contributed by atoms with Gasteiger partial charge in [0, 0.05) is 42.4 Å². The van der Waals surface area contributed by atoms with Gasteiger partial charge in [0.1, 0.15) is 6.10 Å². The first kappa shape index (κ1) is 23.8. The van der Waals surface area contributed by atoms with E-state index in [4.69, 9.17) is 9.47 Å². The number of aromatic nitrogens is 2. The average Bonchev–Trinajstić information content (AvgIpc) is 2.89. The van der Waals surface area contributed by atoms with Crippen LogP contribution in [0.25, 0.3) is 0 Å². The smallest absolute Gasteiger partial charge is 0.254 e. The summed E-state index contributed by atoms with van der Waals surface area (Å²) in [7, 11) is 0. The van der Waals surface area contributed by atoms with Gasteiger partial charge in [0.2, 0.25) is 5.95 Å². The maximum atomic E-state index is 12.5. The van der Waals surface area contributed by atoms with Crippen LogP contribution in [0.3, 0.4) is 0 Å². The molecule has 0 saturated carbocycles. The van der Waals surface area contributed by atoms with Crippen molar-refractivity contribution >= 4 is 23.9 Å². The van der Waals surface area contributed by atoms with E-state index in [0.717, 1.165) is 41.3 Å². The standard InChI is InChI=1S/C25H28N4O4S/c1-2-32-22-10-3-4-11-23(22)33-20-8-6-12-29(17-20)25-27-15-19(16-28-25)24(30)26-14-18-7-5-9-21(13-18)34-31/h3-5,7,9-11,13,15-16,20,31H,2,6,8,12,14,17H2,1H3,(H,26,30). The molecule has 9 heteroatoms. The molecule has 178 valence electrons. The Morgan fingerprint density at radius 1 is 1.18 bits per heavy atom. The number of benzene rings is 2. The predicted molar refractivity (Wildman–Crippen MR) is 132 cm³/mol. The number of nitrogens with zero attached hydrogens (tertiary/aromatic N) is 3. The molecule has 4 rings (SSSR count). The minimum absolute atomic E-state index is 0.00483. The van der Waals surface area contributed by atoms with Crippen LogP contribution in [-0.4, -0.2) is 46.2 Å². The highest BCUT2D eigenvalue weighted by molar-refractivity contribution is 7.93. The highest BCUT2D eigenvalue weighted by Crippen LogP contribution is 2.29. The molecule has 1 saturated heterocycles. The summed E-state index contributed by atoms with van der Waals surface area (Å²) in [6.45, 7) is 4.37. The fourth-order valence-electron chi connectivity index (χ4n) is 3.82. The molecule has 2 N–H and O–H groups in total. The lowest BCUT2D eigenvalue weighted by molar-refractivity contribution is 0.0950. The SMILES string of the molecule is CCOc1ccccc1OC1CCCN(c2ncc(C(=O)NCc3cccc(SO)c3)cn2)C1. The number of amides is 1. The van der Waals surface area contributed by atoms with Crippen molar-refractivity contribution in [3.05, 3.63) is 72.1 Å². The lowest BCUT2D eigenvalue weighted by atomic mass is 10.1.